The van der Waals surface area contributed by atoms with E-state index in [2.05, 4.69) is 15.5 Å². The molecule has 0 radical (unpaired) electrons. The minimum atomic E-state index is -0.486. The number of amides is 2. The van der Waals surface area contributed by atoms with Crippen molar-refractivity contribution in [3.63, 3.8) is 0 Å². The van der Waals surface area contributed by atoms with Gasteiger partial charge in [0.25, 0.3) is 0 Å². The molecule has 2 amide bonds. The Morgan fingerprint density at radius 3 is 2.71 bits per heavy atom. The zero-order chi connectivity index (χ0) is 17.7. The highest BCUT2D eigenvalue weighted by molar-refractivity contribution is 6.31. The number of hydrogen-bond donors (Lipinski definition) is 2. The Hall–Kier alpha value is -1.66. The SMILES string of the molecule is CC(=O)NC[C@H]1CC[C@@H](CC(=O)NCc2cccc(F)c2Cl)N1C. The van der Waals surface area contributed by atoms with Crippen LogP contribution in [0.3, 0.4) is 0 Å². The first-order valence-corrected chi connectivity index (χ1v) is 8.42. The van der Waals surface area contributed by atoms with Gasteiger partial charge in [0.2, 0.25) is 11.8 Å². The van der Waals surface area contributed by atoms with E-state index in [9.17, 15) is 14.0 Å². The van der Waals surface area contributed by atoms with Crippen LogP contribution in [0.5, 0.6) is 0 Å². The van der Waals surface area contributed by atoms with Gasteiger partial charge < -0.3 is 10.6 Å². The summed E-state index contributed by atoms with van der Waals surface area (Å²) in [5.41, 5.74) is 0.563. The predicted octanol–water partition coefficient (Wildman–Crippen LogP) is 2.08. The number of hydrogen-bond acceptors (Lipinski definition) is 3. The van der Waals surface area contributed by atoms with E-state index in [-0.39, 0.29) is 35.5 Å². The number of rotatable bonds is 6. The van der Waals surface area contributed by atoms with Crippen LogP contribution in [0.4, 0.5) is 4.39 Å². The topological polar surface area (TPSA) is 61.4 Å². The maximum Gasteiger partial charge on any atom is 0.221 e. The first-order valence-electron chi connectivity index (χ1n) is 8.04. The molecule has 2 atom stereocenters. The molecular weight excluding hydrogens is 333 g/mol. The van der Waals surface area contributed by atoms with Gasteiger partial charge in [-0.15, -0.1) is 0 Å². The summed E-state index contributed by atoms with van der Waals surface area (Å²) >= 11 is 5.88. The van der Waals surface area contributed by atoms with Crippen molar-refractivity contribution in [2.75, 3.05) is 13.6 Å². The first kappa shape index (κ1) is 18.7. The van der Waals surface area contributed by atoms with Crippen molar-refractivity contribution in [3.05, 3.63) is 34.6 Å². The Labute approximate surface area is 146 Å². The maximum atomic E-state index is 13.4. The number of likely N-dealkylation sites (N-methyl/N-ethyl adjacent to an activating group) is 1. The molecule has 0 bridgehead atoms. The van der Waals surface area contributed by atoms with E-state index in [1.54, 1.807) is 12.1 Å². The Morgan fingerprint density at radius 1 is 1.29 bits per heavy atom. The highest BCUT2D eigenvalue weighted by atomic mass is 35.5. The molecule has 2 rings (SSSR count). The predicted molar refractivity (Wildman–Crippen MR) is 91.1 cm³/mol. The van der Waals surface area contributed by atoms with Gasteiger partial charge >= 0.3 is 0 Å². The Kier molecular flexibility index (Phi) is 6.57. The lowest BCUT2D eigenvalue weighted by molar-refractivity contribution is -0.122. The number of halogens is 2. The molecule has 0 unspecified atom stereocenters. The number of carbonyl (C=O) groups excluding carboxylic acids is 2. The zero-order valence-corrected chi connectivity index (χ0v) is 14.7. The van der Waals surface area contributed by atoms with Gasteiger partial charge in [0, 0.05) is 38.5 Å². The van der Waals surface area contributed by atoms with Crippen molar-refractivity contribution in [1.82, 2.24) is 15.5 Å². The van der Waals surface area contributed by atoms with Crippen molar-refractivity contribution in [2.24, 2.45) is 0 Å². The standard InChI is InChI=1S/C17H23ClFN3O2/c1-11(23)20-10-14-7-6-13(22(14)2)8-16(24)21-9-12-4-3-5-15(19)17(12)18/h3-5,13-14H,6-10H2,1-2H3,(H,20,23)(H,21,24)/t13-,14+/m0/s1. The summed E-state index contributed by atoms with van der Waals surface area (Å²) in [5, 5.41) is 5.66. The van der Waals surface area contributed by atoms with Gasteiger partial charge in [0.1, 0.15) is 5.82 Å². The molecule has 1 aliphatic rings. The fourth-order valence-corrected chi connectivity index (χ4v) is 3.20. The number of nitrogens with one attached hydrogen (secondary N) is 2. The molecule has 0 spiro atoms. The highest BCUT2D eigenvalue weighted by Gasteiger charge is 2.31. The van der Waals surface area contributed by atoms with E-state index in [1.807, 2.05) is 7.05 Å². The van der Waals surface area contributed by atoms with Crippen LogP contribution in [0.1, 0.15) is 31.7 Å². The van der Waals surface area contributed by atoms with E-state index in [0.29, 0.717) is 18.5 Å². The van der Waals surface area contributed by atoms with Crippen molar-refractivity contribution in [1.29, 1.82) is 0 Å². The molecule has 132 valence electrons. The molecule has 7 heteroatoms. The van der Waals surface area contributed by atoms with Crippen molar-refractivity contribution >= 4 is 23.4 Å². The lowest BCUT2D eigenvalue weighted by Gasteiger charge is -2.25. The Bertz CT molecular complexity index is 611. The van der Waals surface area contributed by atoms with Gasteiger partial charge in [0.15, 0.2) is 0 Å². The summed E-state index contributed by atoms with van der Waals surface area (Å²) in [5.74, 6) is -0.622. The second-order valence-corrected chi connectivity index (χ2v) is 6.56. The number of carbonyl (C=O) groups is 2. The minimum absolute atomic E-state index is 0.0448. The fraction of sp³-hybridized carbons (Fsp3) is 0.529. The van der Waals surface area contributed by atoms with Gasteiger partial charge in [-0.1, -0.05) is 23.7 Å². The summed E-state index contributed by atoms with van der Waals surface area (Å²) < 4.78 is 13.4. The molecular formula is C17H23ClFN3O2. The third kappa shape index (κ3) is 4.92. The highest BCUT2D eigenvalue weighted by Crippen LogP contribution is 2.24. The summed E-state index contributed by atoms with van der Waals surface area (Å²) in [6, 6.07) is 4.95. The Balaban J connectivity index is 1.80. The van der Waals surface area contributed by atoms with Crippen LogP contribution in [-0.2, 0) is 16.1 Å². The molecule has 5 nitrogen and oxygen atoms in total. The zero-order valence-electron chi connectivity index (χ0n) is 13.9. The summed E-state index contributed by atoms with van der Waals surface area (Å²) in [6.45, 7) is 2.31. The molecule has 0 aliphatic carbocycles. The van der Waals surface area contributed by atoms with E-state index in [0.717, 1.165) is 12.8 Å². The fourth-order valence-electron chi connectivity index (χ4n) is 3.01. The number of benzene rings is 1. The third-order valence-electron chi connectivity index (χ3n) is 4.50. The average Bonchev–Trinajstić information content (AvgIpc) is 2.87. The second kappa shape index (κ2) is 8.44. The molecule has 1 aromatic rings. The number of likely N-dealkylation sites (tertiary alicyclic amines) is 1. The Morgan fingerprint density at radius 2 is 2.00 bits per heavy atom. The molecule has 1 fully saturated rings. The largest absolute Gasteiger partial charge is 0.355 e. The van der Waals surface area contributed by atoms with Crippen molar-refractivity contribution in [2.45, 2.75) is 44.8 Å². The van der Waals surface area contributed by atoms with Gasteiger partial charge in [-0.3, -0.25) is 14.5 Å². The van der Waals surface area contributed by atoms with Gasteiger partial charge in [-0.2, -0.15) is 0 Å². The first-order chi connectivity index (χ1) is 11.4. The maximum absolute atomic E-state index is 13.4. The molecule has 0 aromatic heterocycles. The lowest BCUT2D eigenvalue weighted by Crippen LogP contribution is -2.41. The molecule has 1 aromatic carbocycles. The average molecular weight is 356 g/mol. The normalized spacial score (nSPS) is 20.8. The summed E-state index contributed by atoms with van der Waals surface area (Å²) in [4.78, 5) is 25.3. The minimum Gasteiger partial charge on any atom is -0.355 e. The number of nitrogens with zero attached hydrogens (tertiary/aromatic N) is 1. The lowest BCUT2D eigenvalue weighted by atomic mass is 10.1. The van der Waals surface area contributed by atoms with E-state index in [1.165, 1.54) is 13.0 Å². The molecule has 24 heavy (non-hydrogen) atoms. The van der Waals surface area contributed by atoms with Gasteiger partial charge in [0.05, 0.1) is 5.02 Å². The van der Waals surface area contributed by atoms with Gasteiger partial charge in [-0.25, -0.2) is 4.39 Å². The van der Waals surface area contributed by atoms with Crippen LogP contribution < -0.4 is 10.6 Å². The van der Waals surface area contributed by atoms with Crippen LogP contribution in [0.15, 0.2) is 18.2 Å². The van der Waals surface area contributed by atoms with Crippen LogP contribution in [0, 0.1) is 5.82 Å². The molecule has 1 aliphatic heterocycles. The summed E-state index contributed by atoms with van der Waals surface area (Å²) in [7, 11) is 1.97. The smallest absolute Gasteiger partial charge is 0.221 e. The van der Waals surface area contributed by atoms with Crippen LogP contribution in [0.25, 0.3) is 0 Å². The van der Waals surface area contributed by atoms with Crippen molar-refractivity contribution < 1.29 is 14.0 Å². The third-order valence-corrected chi connectivity index (χ3v) is 4.92. The molecule has 1 saturated heterocycles. The molecule has 2 N–H and O–H groups in total. The monoisotopic (exact) mass is 355 g/mol. The van der Waals surface area contributed by atoms with Crippen molar-refractivity contribution in [3.8, 4) is 0 Å². The van der Waals surface area contributed by atoms with Crippen LogP contribution in [-0.4, -0.2) is 42.4 Å². The van der Waals surface area contributed by atoms with E-state index in [4.69, 9.17) is 11.6 Å². The van der Waals surface area contributed by atoms with E-state index >= 15 is 0 Å². The van der Waals surface area contributed by atoms with Gasteiger partial charge in [-0.05, 0) is 31.5 Å². The van der Waals surface area contributed by atoms with E-state index < -0.39 is 5.82 Å². The van der Waals surface area contributed by atoms with Crippen LogP contribution >= 0.6 is 11.6 Å². The van der Waals surface area contributed by atoms with Crippen LogP contribution in [0.2, 0.25) is 5.02 Å². The second-order valence-electron chi connectivity index (χ2n) is 6.18. The molecule has 0 saturated carbocycles. The quantitative estimate of drug-likeness (QED) is 0.821. The summed E-state index contributed by atoms with van der Waals surface area (Å²) in [6.07, 6.45) is 2.24. The molecule has 1 heterocycles.